The number of rotatable bonds is 1. The molecule has 1 aromatic rings. The van der Waals surface area contributed by atoms with Gasteiger partial charge in [0.2, 0.25) is 0 Å². The highest BCUT2D eigenvalue weighted by atomic mass is 35.5. The zero-order valence-electron chi connectivity index (χ0n) is 10.1. The predicted octanol–water partition coefficient (Wildman–Crippen LogP) is 0.849. The number of anilines is 1. The minimum Gasteiger partial charge on any atom is -0.332 e. The number of benzene rings is 1. The molecule has 19 heavy (non-hydrogen) atoms. The fourth-order valence-corrected chi connectivity index (χ4v) is 1.96. The van der Waals surface area contributed by atoms with Crippen LogP contribution in [0.2, 0.25) is 5.02 Å². The topological polar surface area (TPSA) is 61.4 Å². The lowest BCUT2D eigenvalue weighted by atomic mass is 10.3. The fourth-order valence-electron chi connectivity index (χ4n) is 1.79. The van der Waals surface area contributed by atoms with Crippen LogP contribution in [-0.4, -0.2) is 42.9 Å². The summed E-state index contributed by atoms with van der Waals surface area (Å²) in [4.78, 5) is 25.0. The minimum atomic E-state index is -0.858. The van der Waals surface area contributed by atoms with Crippen LogP contribution < -0.4 is 10.6 Å². The van der Waals surface area contributed by atoms with Crippen LogP contribution in [0.15, 0.2) is 18.2 Å². The third-order valence-corrected chi connectivity index (χ3v) is 3.09. The molecule has 1 heterocycles. The molecule has 1 saturated heterocycles. The molecular formula is C12H13ClFN3O2. The molecule has 0 radical (unpaired) electrons. The summed E-state index contributed by atoms with van der Waals surface area (Å²) in [6, 6.07) is 4.21. The van der Waals surface area contributed by atoms with Crippen molar-refractivity contribution in [2.75, 3.05) is 31.5 Å². The van der Waals surface area contributed by atoms with Crippen molar-refractivity contribution in [2.24, 2.45) is 0 Å². The fraction of sp³-hybridized carbons (Fsp3) is 0.333. The summed E-state index contributed by atoms with van der Waals surface area (Å²) in [5, 5.41) is 5.21. The van der Waals surface area contributed by atoms with Crippen molar-refractivity contribution in [3.05, 3.63) is 29.0 Å². The third-order valence-electron chi connectivity index (χ3n) is 2.80. The number of halogens is 2. The summed E-state index contributed by atoms with van der Waals surface area (Å²) in [6.07, 6.45) is 0. The average Bonchev–Trinajstić information content (AvgIpc) is 2.44. The molecule has 2 N–H and O–H groups in total. The SMILES string of the molecule is O=C(Nc1cccc(Cl)c1F)C(=O)N1CCNCC1. The highest BCUT2D eigenvalue weighted by Gasteiger charge is 2.24. The Bertz CT molecular complexity index is 504. The molecule has 1 aromatic carbocycles. The number of carbonyl (C=O) groups is 2. The largest absolute Gasteiger partial charge is 0.332 e. The van der Waals surface area contributed by atoms with Crippen molar-refractivity contribution in [1.82, 2.24) is 10.2 Å². The second-order valence-corrected chi connectivity index (χ2v) is 4.50. The number of carbonyl (C=O) groups excluding carboxylic acids is 2. The molecular weight excluding hydrogens is 273 g/mol. The number of hydrogen-bond donors (Lipinski definition) is 2. The first-order chi connectivity index (χ1) is 9.09. The maximum absolute atomic E-state index is 13.6. The summed E-state index contributed by atoms with van der Waals surface area (Å²) in [6.45, 7) is 2.21. The van der Waals surface area contributed by atoms with E-state index in [1.54, 1.807) is 0 Å². The summed E-state index contributed by atoms with van der Waals surface area (Å²) >= 11 is 5.60. The van der Waals surface area contributed by atoms with Gasteiger partial charge in [0, 0.05) is 26.2 Å². The Morgan fingerprint density at radius 1 is 1.32 bits per heavy atom. The van der Waals surface area contributed by atoms with Crippen LogP contribution in [-0.2, 0) is 9.59 Å². The molecule has 0 bridgehead atoms. The van der Waals surface area contributed by atoms with Gasteiger partial charge in [0.05, 0.1) is 10.7 Å². The van der Waals surface area contributed by atoms with Crippen molar-refractivity contribution >= 4 is 29.1 Å². The van der Waals surface area contributed by atoms with Crippen LogP contribution in [0.5, 0.6) is 0 Å². The predicted molar refractivity (Wildman–Crippen MR) is 69.5 cm³/mol. The molecule has 1 aliphatic rings. The molecule has 1 fully saturated rings. The van der Waals surface area contributed by atoms with Gasteiger partial charge in [-0.2, -0.15) is 0 Å². The van der Waals surface area contributed by atoms with Crippen LogP contribution in [0.3, 0.4) is 0 Å². The maximum atomic E-state index is 13.6. The van der Waals surface area contributed by atoms with Crippen LogP contribution in [0.4, 0.5) is 10.1 Å². The van der Waals surface area contributed by atoms with Gasteiger partial charge in [0.25, 0.3) is 0 Å². The molecule has 102 valence electrons. The summed E-state index contributed by atoms with van der Waals surface area (Å²) < 4.78 is 13.6. The number of hydrogen-bond acceptors (Lipinski definition) is 3. The van der Waals surface area contributed by atoms with E-state index >= 15 is 0 Å². The van der Waals surface area contributed by atoms with Gasteiger partial charge in [-0.1, -0.05) is 17.7 Å². The first-order valence-corrected chi connectivity index (χ1v) is 6.22. The Balaban J connectivity index is 2.04. The van der Waals surface area contributed by atoms with Gasteiger partial charge in [-0.15, -0.1) is 0 Å². The van der Waals surface area contributed by atoms with E-state index < -0.39 is 17.6 Å². The maximum Gasteiger partial charge on any atom is 0.313 e. The average molecular weight is 286 g/mol. The highest BCUT2D eigenvalue weighted by molar-refractivity contribution is 6.39. The van der Waals surface area contributed by atoms with Crippen LogP contribution in [0.1, 0.15) is 0 Å². The van der Waals surface area contributed by atoms with Crippen molar-refractivity contribution in [1.29, 1.82) is 0 Å². The van der Waals surface area contributed by atoms with E-state index in [2.05, 4.69) is 10.6 Å². The second kappa shape index (κ2) is 5.99. The number of nitrogens with one attached hydrogen (secondary N) is 2. The standard InChI is InChI=1S/C12H13ClFN3O2/c13-8-2-1-3-9(10(8)14)16-11(18)12(19)17-6-4-15-5-7-17/h1-3,15H,4-7H2,(H,16,18). The van der Waals surface area contributed by atoms with Gasteiger partial charge < -0.3 is 15.5 Å². The molecule has 2 rings (SSSR count). The number of piperazine rings is 1. The Morgan fingerprint density at radius 2 is 2.00 bits per heavy atom. The summed E-state index contributed by atoms with van der Waals surface area (Å²) in [7, 11) is 0. The van der Waals surface area contributed by atoms with E-state index in [1.165, 1.54) is 23.1 Å². The van der Waals surface area contributed by atoms with Gasteiger partial charge in [-0.25, -0.2) is 4.39 Å². The van der Waals surface area contributed by atoms with E-state index in [0.29, 0.717) is 26.2 Å². The zero-order chi connectivity index (χ0) is 13.8. The van der Waals surface area contributed by atoms with Crippen LogP contribution >= 0.6 is 11.6 Å². The molecule has 0 atom stereocenters. The quantitative estimate of drug-likeness (QED) is 0.752. The number of nitrogens with zero attached hydrogens (tertiary/aromatic N) is 1. The third kappa shape index (κ3) is 3.21. The zero-order valence-corrected chi connectivity index (χ0v) is 10.8. The smallest absolute Gasteiger partial charge is 0.313 e. The van der Waals surface area contributed by atoms with E-state index in [0.717, 1.165) is 0 Å². The normalized spacial score (nSPS) is 15.2. The van der Waals surface area contributed by atoms with Crippen molar-refractivity contribution in [3.63, 3.8) is 0 Å². The lowest BCUT2D eigenvalue weighted by molar-refractivity contribution is -0.143. The van der Waals surface area contributed by atoms with Gasteiger partial charge in [0.1, 0.15) is 0 Å². The van der Waals surface area contributed by atoms with E-state index in [9.17, 15) is 14.0 Å². The lowest BCUT2D eigenvalue weighted by Gasteiger charge is -2.26. The Labute approximate surface area is 114 Å². The molecule has 0 spiro atoms. The second-order valence-electron chi connectivity index (χ2n) is 4.10. The van der Waals surface area contributed by atoms with Crippen molar-refractivity contribution < 1.29 is 14.0 Å². The molecule has 0 saturated carbocycles. The lowest BCUT2D eigenvalue weighted by Crippen LogP contribution is -2.49. The van der Waals surface area contributed by atoms with Crippen molar-refractivity contribution in [3.8, 4) is 0 Å². The Hall–Kier alpha value is -1.66. The van der Waals surface area contributed by atoms with E-state index in [1.807, 2.05) is 0 Å². The van der Waals surface area contributed by atoms with Crippen LogP contribution in [0.25, 0.3) is 0 Å². The van der Waals surface area contributed by atoms with Gasteiger partial charge >= 0.3 is 11.8 Å². The monoisotopic (exact) mass is 285 g/mol. The molecule has 1 aliphatic heterocycles. The van der Waals surface area contributed by atoms with Gasteiger partial charge in [-0.05, 0) is 12.1 Å². The summed E-state index contributed by atoms with van der Waals surface area (Å²) in [5.41, 5.74) is -0.0963. The Morgan fingerprint density at radius 3 is 2.68 bits per heavy atom. The van der Waals surface area contributed by atoms with E-state index in [4.69, 9.17) is 11.6 Å². The van der Waals surface area contributed by atoms with E-state index in [-0.39, 0.29) is 10.7 Å². The van der Waals surface area contributed by atoms with Crippen molar-refractivity contribution in [2.45, 2.75) is 0 Å². The first-order valence-electron chi connectivity index (χ1n) is 5.84. The first kappa shape index (κ1) is 13.8. The molecule has 0 aliphatic carbocycles. The molecule has 0 unspecified atom stereocenters. The van der Waals surface area contributed by atoms with Gasteiger partial charge in [0.15, 0.2) is 5.82 Å². The molecule has 5 nitrogen and oxygen atoms in total. The molecule has 7 heteroatoms. The number of amides is 2. The summed E-state index contributed by atoms with van der Waals surface area (Å²) in [5.74, 6) is -2.27. The van der Waals surface area contributed by atoms with Gasteiger partial charge in [-0.3, -0.25) is 9.59 Å². The highest BCUT2D eigenvalue weighted by Crippen LogP contribution is 2.21. The Kier molecular flexibility index (Phi) is 4.34. The minimum absolute atomic E-state index is 0.0963. The molecule has 2 amide bonds. The van der Waals surface area contributed by atoms with Crippen LogP contribution in [0, 0.1) is 5.82 Å². The molecule has 0 aromatic heterocycles.